The lowest BCUT2D eigenvalue weighted by Crippen LogP contribution is -2.35. The summed E-state index contributed by atoms with van der Waals surface area (Å²) in [5.74, 6) is -0.264. The third-order valence-corrected chi connectivity index (χ3v) is 3.26. The van der Waals surface area contributed by atoms with Crippen LogP contribution < -0.4 is 5.32 Å². The Kier molecular flexibility index (Phi) is 4.58. The molecule has 0 saturated heterocycles. The second-order valence-corrected chi connectivity index (χ2v) is 5.86. The number of pyridine rings is 1. The van der Waals surface area contributed by atoms with Crippen molar-refractivity contribution in [3.8, 4) is 5.75 Å². The number of amides is 1. The molecule has 0 atom stereocenters. The molecule has 0 bridgehead atoms. The van der Waals surface area contributed by atoms with E-state index in [2.05, 4.69) is 24.1 Å². The zero-order valence-corrected chi connectivity index (χ0v) is 12.3. The highest BCUT2D eigenvalue weighted by Gasteiger charge is 2.21. The van der Waals surface area contributed by atoms with Crippen LogP contribution >= 0.6 is 0 Å². The lowest BCUT2D eigenvalue weighted by atomic mass is 9.87. The number of phenols is 1. The molecule has 1 heterocycles. The van der Waals surface area contributed by atoms with Crippen molar-refractivity contribution in [3.05, 3.63) is 59.9 Å². The van der Waals surface area contributed by atoms with Crippen molar-refractivity contribution in [2.24, 2.45) is 5.41 Å². The summed E-state index contributed by atoms with van der Waals surface area (Å²) in [5.41, 5.74) is 1.18. The third-order valence-electron chi connectivity index (χ3n) is 3.26. The van der Waals surface area contributed by atoms with Crippen molar-refractivity contribution in [2.75, 3.05) is 6.54 Å². The molecule has 0 fully saturated rings. The first kappa shape index (κ1) is 15.0. The van der Waals surface area contributed by atoms with Crippen LogP contribution in [0, 0.1) is 5.41 Å². The molecule has 2 N–H and O–H groups in total. The largest absolute Gasteiger partial charge is 0.507 e. The number of carbonyl (C=O) groups excluding carboxylic acids is 1. The average Bonchev–Trinajstić information content (AvgIpc) is 2.46. The van der Waals surface area contributed by atoms with E-state index < -0.39 is 0 Å². The van der Waals surface area contributed by atoms with Crippen LogP contribution in [0.5, 0.6) is 5.75 Å². The zero-order chi connectivity index (χ0) is 15.3. The molecule has 1 aromatic heterocycles. The van der Waals surface area contributed by atoms with E-state index in [0.717, 1.165) is 12.1 Å². The Morgan fingerprint density at radius 2 is 1.90 bits per heavy atom. The summed E-state index contributed by atoms with van der Waals surface area (Å²) in [7, 11) is 0. The molecule has 0 spiro atoms. The maximum absolute atomic E-state index is 12.1. The number of benzene rings is 1. The molecule has 0 unspecified atom stereocenters. The Labute approximate surface area is 124 Å². The Morgan fingerprint density at radius 1 is 1.19 bits per heavy atom. The smallest absolute Gasteiger partial charge is 0.255 e. The van der Waals surface area contributed by atoms with Crippen LogP contribution in [0.2, 0.25) is 0 Å². The van der Waals surface area contributed by atoms with Gasteiger partial charge in [-0.15, -0.1) is 0 Å². The van der Waals surface area contributed by atoms with Gasteiger partial charge in [0.15, 0.2) is 0 Å². The van der Waals surface area contributed by atoms with Gasteiger partial charge in [-0.3, -0.25) is 9.78 Å². The first-order chi connectivity index (χ1) is 9.98. The van der Waals surface area contributed by atoms with Crippen molar-refractivity contribution in [1.29, 1.82) is 0 Å². The van der Waals surface area contributed by atoms with Crippen LogP contribution in [-0.4, -0.2) is 22.5 Å². The molecule has 0 aliphatic heterocycles. The van der Waals surface area contributed by atoms with E-state index in [4.69, 9.17) is 0 Å². The van der Waals surface area contributed by atoms with Crippen LogP contribution in [0.3, 0.4) is 0 Å². The van der Waals surface area contributed by atoms with Crippen LogP contribution in [0.4, 0.5) is 0 Å². The number of nitrogens with zero attached hydrogens (tertiary/aromatic N) is 1. The normalized spacial score (nSPS) is 11.1. The Morgan fingerprint density at radius 3 is 2.57 bits per heavy atom. The highest BCUT2D eigenvalue weighted by atomic mass is 16.3. The molecule has 4 nitrogen and oxygen atoms in total. The van der Waals surface area contributed by atoms with Gasteiger partial charge < -0.3 is 10.4 Å². The number of phenolic OH excluding ortho intramolecular Hbond substituents is 1. The van der Waals surface area contributed by atoms with Gasteiger partial charge >= 0.3 is 0 Å². The highest BCUT2D eigenvalue weighted by Crippen LogP contribution is 2.20. The maximum atomic E-state index is 12.1. The number of rotatable bonds is 5. The minimum Gasteiger partial charge on any atom is -0.507 e. The van der Waals surface area contributed by atoms with E-state index in [0.29, 0.717) is 12.1 Å². The number of aromatic nitrogens is 1. The summed E-state index contributed by atoms with van der Waals surface area (Å²) in [6.45, 7) is 4.66. The predicted molar refractivity (Wildman–Crippen MR) is 82.2 cm³/mol. The first-order valence-corrected chi connectivity index (χ1v) is 6.94. The third kappa shape index (κ3) is 4.31. The molecule has 0 saturated carbocycles. The van der Waals surface area contributed by atoms with Crippen molar-refractivity contribution >= 4 is 5.91 Å². The molecule has 0 aliphatic carbocycles. The van der Waals surface area contributed by atoms with Crippen molar-refractivity contribution in [2.45, 2.75) is 20.3 Å². The van der Waals surface area contributed by atoms with Crippen molar-refractivity contribution in [3.63, 3.8) is 0 Å². The zero-order valence-electron chi connectivity index (χ0n) is 12.3. The van der Waals surface area contributed by atoms with Gasteiger partial charge in [-0.25, -0.2) is 0 Å². The van der Waals surface area contributed by atoms with Gasteiger partial charge in [0.1, 0.15) is 5.75 Å². The van der Waals surface area contributed by atoms with Gasteiger partial charge in [-0.05, 0) is 36.1 Å². The van der Waals surface area contributed by atoms with E-state index in [9.17, 15) is 9.90 Å². The minimum atomic E-state index is -0.262. The standard InChI is InChI=1S/C17H20N2O2/c1-17(2,11-13-7-5-6-10-18-13)12-19-16(21)14-8-3-4-9-15(14)20/h3-10,20H,11-12H2,1-2H3,(H,19,21). The Bertz CT molecular complexity index is 609. The van der Waals surface area contributed by atoms with Gasteiger partial charge in [0, 0.05) is 18.4 Å². The number of carbonyl (C=O) groups is 1. The van der Waals surface area contributed by atoms with E-state index in [-0.39, 0.29) is 17.1 Å². The minimum absolute atomic E-state index is 0.00229. The van der Waals surface area contributed by atoms with Crippen LogP contribution in [-0.2, 0) is 6.42 Å². The molecule has 0 aliphatic rings. The molecule has 110 valence electrons. The average molecular weight is 284 g/mol. The second-order valence-electron chi connectivity index (χ2n) is 5.86. The van der Waals surface area contributed by atoms with E-state index >= 15 is 0 Å². The van der Waals surface area contributed by atoms with Crippen molar-refractivity contribution in [1.82, 2.24) is 10.3 Å². The monoisotopic (exact) mass is 284 g/mol. The van der Waals surface area contributed by atoms with Crippen LogP contribution in [0.1, 0.15) is 29.9 Å². The summed E-state index contributed by atoms with van der Waals surface area (Å²) in [6, 6.07) is 12.4. The number of nitrogens with one attached hydrogen (secondary N) is 1. The molecule has 2 aromatic rings. The van der Waals surface area contributed by atoms with Crippen LogP contribution in [0.15, 0.2) is 48.7 Å². The first-order valence-electron chi connectivity index (χ1n) is 6.94. The quantitative estimate of drug-likeness (QED) is 0.887. The summed E-state index contributed by atoms with van der Waals surface area (Å²) >= 11 is 0. The fraction of sp³-hybridized carbons (Fsp3) is 0.294. The molecule has 1 aromatic carbocycles. The van der Waals surface area contributed by atoms with E-state index in [1.165, 1.54) is 6.07 Å². The fourth-order valence-corrected chi connectivity index (χ4v) is 2.14. The molecular weight excluding hydrogens is 264 g/mol. The van der Waals surface area contributed by atoms with Gasteiger partial charge in [0.25, 0.3) is 5.91 Å². The number of para-hydroxylation sites is 1. The summed E-state index contributed by atoms with van der Waals surface area (Å²) in [5, 5.41) is 12.5. The number of hydrogen-bond donors (Lipinski definition) is 2. The maximum Gasteiger partial charge on any atom is 0.255 e. The van der Waals surface area contributed by atoms with E-state index in [1.807, 2.05) is 18.2 Å². The van der Waals surface area contributed by atoms with Crippen molar-refractivity contribution < 1.29 is 9.90 Å². The fourth-order valence-electron chi connectivity index (χ4n) is 2.14. The second kappa shape index (κ2) is 6.39. The molecule has 4 heteroatoms. The van der Waals surface area contributed by atoms with Gasteiger partial charge in [0.2, 0.25) is 0 Å². The SMILES string of the molecule is CC(C)(CNC(=O)c1ccccc1O)Cc1ccccn1. The molecule has 0 radical (unpaired) electrons. The van der Waals surface area contributed by atoms with Gasteiger partial charge in [-0.2, -0.15) is 0 Å². The number of aromatic hydroxyl groups is 1. The van der Waals surface area contributed by atoms with Gasteiger partial charge in [-0.1, -0.05) is 32.0 Å². The number of hydrogen-bond acceptors (Lipinski definition) is 3. The van der Waals surface area contributed by atoms with Gasteiger partial charge in [0.05, 0.1) is 5.56 Å². The van der Waals surface area contributed by atoms with Crippen LogP contribution in [0.25, 0.3) is 0 Å². The Balaban J connectivity index is 1.95. The summed E-state index contributed by atoms with van der Waals surface area (Å²) < 4.78 is 0. The summed E-state index contributed by atoms with van der Waals surface area (Å²) in [4.78, 5) is 16.4. The lowest BCUT2D eigenvalue weighted by molar-refractivity contribution is 0.0933. The molecule has 21 heavy (non-hydrogen) atoms. The lowest BCUT2D eigenvalue weighted by Gasteiger charge is -2.24. The topological polar surface area (TPSA) is 62.2 Å². The molecule has 2 rings (SSSR count). The highest BCUT2D eigenvalue weighted by molar-refractivity contribution is 5.96. The van der Waals surface area contributed by atoms with E-state index in [1.54, 1.807) is 24.4 Å². The molecule has 1 amide bonds. The molecular formula is C17H20N2O2. The summed E-state index contributed by atoms with van der Waals surface area (Å²) in [6.07, 6.45) is 2.54. The Hall–Kier alpha value is -2.36. The predicted octanol–water partition coefficient (Wildman–Crippen LogP) is 2.79.